The van der Waals surface area contributed by atoms with Gasteiger partial charge < -0.3 is 14.5 Å². The summed E-state index contributed by atoms with van der Waals surface area (Å²) in [6, 6.07) is 8.68. The van der Waals surface area contributed by atoms with Crippen molar-refractivity contribution < 1.29 is 13.9 Å². The van der Waals surface area contributed by atoms with Gasteiger partial charge in [0, 0.05) is 18.0 Å². The highest BCUT2D eigenvalue weighted by Crippen LogP contribution is 2.32. The lowest BCUT2D eigenvalue weighted by molar-refractivity contribution is 0.102. The molecular formula is C17H15ClN2O3. The van der Waals surface area contributed by atoms with Crippen LogP contribution < -0.4 is 10.1 Å². The van der Waals surface area contributed by atoms with Crippen LogP contribution in [0, 0.1) is 0 Å². The molecule has 1 amide bonds. The first-order valence-electron chi connectivity index (χ1n) is 7.15. The average molecular weight is 331 g/mol. The zero-order chi connectivity index (χ0) is 16.4. The second-order valence-electron chi connectivity index (χ2n) is 4.92. The van der Waals surface area contributed by atoms with Gasteiger partial charge in [-0.2, -0.15) is 0 Å². The van der Waals surface area contributed by atoms with Crippen LogP contribution in [0.3, 0.4) is 0 Å². The van der Waals surface area contributed by atoms with Crippen LogP contribution in [0.25, 0.3) is 11.0 Å². The van der Waals surface area contributed by atoms with Crippen molar-refractivity contribution in [3.63, 3.8) is 0 Å². The van der Waals surface area contributed by atoms with E-state index in [1.165, 1.54) is 0 Å². The van der Waals surface area contributed by atoms with Crippen molar-refractivity contribution >= 4 is 34.2 Å². The average Bonchev–Trinajstić information content (AvgIpc) is 3.00. The Labute approximate surface area is 138 Å². The molecule has 0 aliphatic carbocycles. The van der Waals surface area contributed by atoms with Crippen LogP contribution in [0.2, 0.25) is 5.15 Å². The number of fused-ring (bicyclic) bond motifs is 1. The predicted molar refractivity (Wildman–Crippen MR) is 89.3 cm³/mol. The normalized spacial score (nSPS) is 10.7. The van der Waals surface area contributed by atoms with Crippen LogP contribution in [0.4, 0.5) is 5.69 Å². The highest BCUT2D eigenvalue weighted by Gasteiger charge is 2.18. The second kappa shape index (κ2) is 6.30. The Balaban J connectivity index is 2.04. The molecular weight excluding hydrogens is 316 g/mol. The summed E-state index contributed by atoms with van der Waals surface area (Å²) >= 11 is 5.98. The molecule has 5 nitrogen and oxygen atoms in total. The third kappa shape index (κ3) is 2.87. The SMILES string of the molecule is CCc1cc2c(C(=O)Nc3cccnc3Cl)ccc(OC)c2o1. The number of nitrogens with zero attached hydrogens (tertiary/aromatic N) is 1. The van der Waals surface area contributed by atoms with Crippen molar-refractivity contribution in [2.45, 2.75) is 13.3 Å². The number of carbonyl (C=O) groups excluding carboxylic acids is 1. The van der Waals surface area contributed by atoms with Crippen molar-refractivity contribution in [2.24, 2.45) is 0 Å². The quantitative estimate of drug-likeness (QED) is 0.724. The summed E-state index contributed by atoms with van der Waals surface area (Å²) < 4.78 is 11.1. The number of furan rings is 1. The molecule has 1 aromatic carbocycles. The Morgan fingerprint density at radius 3 is 2.91 bits per heavy atom. The van der Waals surface area contributed by atoms with E-state index in [1.807, 2.05) is 13.0 Å². The van der Waals surface area contributed by atoms with Crippen LogP contribution in [0.1, 0.15) is 23.0 Å². The number of amides is 1. The lowest BCUT2D eigenvalue weighted by Crippen LogP contribution is -2.12. The molecule has 0 spiro atoms. The van der Waals surface area contributed by atoms with Gasteiger partial charge in [-0.05, 0) is 30.3 Å². The molecule has 0 radical (unpaired) electrons. The smallest absolute Gasteiger partial charge is 0.256 e. The number of ether oxygens (including phenoxy) is 1. The molecule has 3 aromatic rings. The lowest BCUT2D eigenvalue weighted by Gasteiger charge is -2.08. The maximum Gasteiger partial charge on any atom is 0.256 e. The van der Waals surface area contributed by atoms with Gasteiger partial charge in [0.25, 0.3) is 5.91 Å². The van der Waals surface area contributed by atoms with Crippen LogP contribution in [0.5, 0.6) is 5.75 Å². The van der Waals surface area contributed by atoms with E-state index >= 15 is 0 Å². The Morgan fingerprint density at radius 1 is 1.39 bits per heavy atom. The van der Waals surface area contributed by atoms with Gasteiger partial charge in [0.1, 0.15) is 5.76 Å². The number of benzene rings is 1. The van der Waals surface area contributed by atoms with E-state index < -0.39 is 0 Å². The molecule has 3 rings (SSSR count). The highest BCUT2D eigenvalue weighted by molar-refractivity contribution is 6.32. The molecule has 2 heterocycles. The summed E-state index contributed by atoms with van der Waals surface area (Å²) in [6.45, 7) is 1.99. The molecule has 0 fully saturated rings. The van der Waals surface area contributed by atoms with Crippen molar-refractivity contribution in [1.82, 2.24) is 4.98 Å². The molecule has 2 aromatic heterocycles. The molecule has 0 unspecified atom stereocenters. The van der Waals surface area contributed by atoms with Crippen molar-refractivity contribution in [3.05, 3.63) is 53.0 Å². The molecule has 1 N–H and O–H groups in total. The van der Waals surface area contributed by atoms with Gasteiger partial charge >= 0.3 is 0 Å². The lowest BCUT2D eigenvalue weighted by atomic mass is 10.1. The number of rotatable bonds is 4. The van der Waals surface area contributed by atoms with Crippen molar-refractivity contribution in [1.29, 1.82) is 0 Å². The molecule has 0 aliphatic rings. The van der Waals surface area contributed by atoms with Gasteiger partial charge in [0.05, 0.1) is 18.4 Å². The molecule has 23 heavy (non-hydrogen) atoms. The number of methoxy groups -OCH3 is 1. The van der Waals surface area contributed by atoms with Crippen molar-refractivity contribution in [2.75, 3.05) is 12.4 Å². The number of hydrogen-bond donors (Lipinski definition) is 1. The van der Waals surface area contributed by atoms with Gasteiger partial charge in [-0.1, -0.05) is 18.5 Å². The first-order chi connectivity index (χ1) is 11.1. The number of anilines is 1. The Hall–Kier alpha value is -2.53. The van der Waals surface area contributed by atoms with Gasteiger partial charge in [-0.15, -0.1) is 0 Å². The standard InChI is InChI=1S/C17H15ClN2O3/c1-3-10-9-12-11(6-7-14(22-2)15(12)23-10)17(21)20-13-5-4-8-19-16(13)18/h4-9H,3H2,1-2H3,(H,20,21). The zero-order valence-electron chi connectivity index (χ0n) is 12.7. The molecule has 0 saturated carbocycles. The number of nitrogens with one attached hydrogen (secondary N) is 1. The topological polar surface area (TPSA) is 64.4 Å². The third-order valence-corrected chi connectivity index (χ3v) is 3.82. The minimum Gasteiger partial charge on any atom is -0.493 e. The summed E-state index contributed by atoms with van der Waals surface area (Å²) in [6.07, 6.45) is 2.29. The van der Waals surface area contributed by atoms with Crippen LogP contribution in [-0.4, -0.2) is 18.0 Å². The Bertz CT molecular complexity index is 873. The first kappa shape index (κ1) is 15.4. The zero-order valence-corrected chi connectivity index (χ0v) is 13.5. The molecule has 0 atom stereocenters. The monoisotopic (exact) mass is 330 g/mol. The predicted octanol–water partition coefficient (Wildman–Crippen LogP) is 4.30. The first-order valence-corrected chi connectivity index (χ1v) is 7.53. The highest BCUT2D eigenvalue weighted by atomic mass is 35.5. The van der Waals surface area contributed by atoms with E-state index in [4.69, 9.17) is 20.8 Å². The maximum absolute atomic E-state index is 12.6. The summed E-state index contributed by atoms with van der Waals surface area (Å²) in [5.41, 5.74) is 1.51. The van der Waals surface area contributed by atoms with E-state index in [9.17, 15) is 4.79 Å². The van der Waals surface area contributed by atoms with E-state index in [0.717, 1.165) is 12.2 Å². The van der Waals surface area contributed by atoms with Gasteiger partial charge in [-0.25, -0.2) is 4.98 Å². The molecule has 6 heteroatoms. The number of aromatic nitrogens is 1. The fraction of sp³-hybridized carbons (Fsp3) is 0.176. The molecule has 0 bridgehead atoms. The van der Waals surface area contributed by atoms with Crippen LogP contribution in [0.15, 0.2) is 40.9 Å². The van der Waals surface area contributed by atoms with E-state index in [-0.39, 0.29) is 11.1 Å². The summed E-state index contributed by atoms with van der Waals surface area (Å²) in [7, 11) is 1.57. The number of halogens is 1. The number of aryl methyl sites for hydroxylation is 1. The van der Waals surface area contributed by atoms with E-state index in [2.05, 4.69) is 10.3 Å². The Kier molecular flexibility index (Phi) is 4.21. The molecule has 0 saturated heterocycles. The number of pyridine rings is 1. The number of carbonyl (C=O) groups is 1. The van der Waals surface area contributed by atoms with Crippen LogP contribution in [-0.2, 0) is 6.42 Å². The van der Waals surface area contributed by atoms with Gasteiger partial charge in [-0.3, -0.25) is 4.79 Å². The van der Waals surface area contributed by atoms with Crippen molar-refractivity contribution in [3.8, 4) is 5.75 Å². The summed E-state index contributed by atoms with van der Waals surface area (Å²) in [5.74, 6) is 1.10. The minimum absolute atomic E-state index is 0.243. The molecule has 118 valence electrons. The van der Waals surface area contributed by atoms with Gasteiger partial charge in [0.15, 0.2) is 16.5 Å². The summed E-state index contributed by atoms with van der Waals surface area (Å²) in [5, 5.41) is 3.72. The second-order valence-corrected chi connectivity index (χ2v) is 5.28. The number of hydrogen-bond acceptors (Lipinski definition) is 4. The maximum atomic E-state index is 12.6. The van der Waals surface area contributed by atoms with Gasteiger partial charge in [0.2, 0.25) is 0 Å². The fourth-order valence-corrected chi connectivity index (χ4v) is 2.52. The van der Waals surface area contributed by atoms with E-state index in [1.54, 1.807) is 37.6 Å². The largest absolute Gasteiger partial charge is 0.493 e. The molecule has 0 aliphatic heterocycles. The fourth-order valence-electron chi connectivity index (χ4n) is 2.35. The third-order valence-electron chi connectivity index (χ3n) is 3.52. The minimum atomic E-state index is -0.281. The van der Waals surface area contributed by atoms with Crippen LogP contribution >= 0.6 is 11.6 Å². The Morgan fingerprint density at radius 2 is 2.22 bits per heavy atom. The summed E-state index contributed by atoms with van der Waals surface area (Å²) in [4.78, 5) is 16.5. The van der Waals surface area contributed by atoms with E-state index in [0.29, 0.717) is 28.0 Å².